The van der Waals surface area contributed by atoms with Gasteiger partial charge in [-0.15, -0.1) is 0 Å². The molecule has 0 spiro atoms. The summed E-state index contributed by atoms with van der Waals surface area (Å²) in [6.45, 7) is 4.93. The maximum absolute atomic E-state index is 13.6. The fourth-order valence-corrected chi connectivity index (χ4v) is 3.28. The molecule has 25 heavy (non-hydrogen) atoms. The van der Waals surface area contributed by atoms with Crippen LogP contribution in [0, 0.1) is 0 Å². The van der Waals surface area contributed by atoms with Crippen molar-refractivity contribution in [1.82, 2.24) is 15.2 Å². The van der Waals surface area contributed by atoms with E-state index in [1.54, 1.807) is 18.3 Å². The van der Waals surface area contributed by atoms with E-state index in [-0.39, 0.29) is 5.56 Å². The molecule has 3 rings (SSSR count). The fraction of sp³-hybridized carbons (Fsp3) is 0.421. The van der Waals surface area contributed by atoms with E-state index in [2.05, 4.69) is 15.2 Å². The van der Waals surface area contributed by atoms with Crippen LogP contribution in [-0.2, 0) is 12.6 Å². The van der Waals surface area contributed by atoms with Crippen molar-refractivity contribution >= 4 is 0 Å². The molecule has 0 saturated carbocycles. The average molecular weight is 349 g/mol. The van der Waals surface area contributed by atoms with E-state index < -0.39 is 17.8 Å². The number of hydrogen-bond donors (Lipinski definition) is 1. The molecule has 1 fully saturated rings. The number of alkyl halides is 3. The van der Waals surface area contributed by atoms with Crippen LogP contribution in [0.2, 0.25) is 0 Å². The molecule has 0 amide bonds. The second kappa shape index (κ2) is 7.54. The summed E-state index contributed by atoms with van der Waals surface area (Å²) in [5.41, 5.74) is 1.43. The fourth-order valence-electron chi connectivity index (χ4n) is 3.28. The standard InChI is InChI=1S/C19H22F3N3/c1-2-14-7-8-17(24-13-14)18(25-11-9-23-10-12-25)15-5-3-4-6-16(15)19(20,21)22/h3-8,13,18,23H,2,9-12H2,1H3. The molecule has 1 N–H and O–H groups in total. The number of aromatic nitrogens is 1. The molecule has 0 aliphatic carbocycles. The molecule has 134 valence electrons. The van der Waals surface area contributed by atoms with Crippen LogP contribution in [0.4, 0.5) is 13.2 Å². The molecule has 1 aromatic carbocycles. The third-order valence-corrected chi connectivity index (χ3v) is 4.61. The Hall–Kier alpha value is -1.92. The highest BCUT2D eigenvalue weighted by atomic mass is 19.4. The number of hydrogen-bond acceptors (Lipinski definition) is 3. The third-order valence-electron chi connectivity index (χ3n) is 4.61. The van der Waals surface area contributed by atoms with E-state index in [0.29, 0.717) is 18.8 Å². The third kappa shape index (κ3) is 4.02. The van der Waals surface area contributed by atoms with Crippen molar-refractivity contribution in [2.24, 2.45) is 0 Å². The van der Waals surface area contributed by atoms with Crippen molar-refractivity contribution in [2.75, 3.05) is 26.2 Å². The molecule has 1 unspecified atom stereocenters. The minimum absolute atomic E-state index is 0.272. The summed E-state index contributed by atoms with van der Waals surface area (Å²) in [7, 11) is 0. The normalized spacial score (nSPS) is 17.4. The number of halogens is 3. The van der Waals surface area contributed by atoms with Crippen LogP contribution in [0.3, 0.4) is 0 Å². The SMILES string of the molecule is CCc1ccc(C(c2ccccc2C(F)(F)F)N2CCNCC2)nc1. The molecular formula is C19H22F3N3. The van der Waals surface area contributed by atoms with Crippen LogP contribution in [0.1, 0.15) is 35.3 Å². The Morgan fingerprint density at radius 1 is 1.12 bits per heavy atom. The van der Waals surface area contributed by atoms with Gasteiger partial charge in [-0.1, -0.05) is 31.2 Å². The summed E-state index contributed by atoms with van der Waals surface area (Å²) < 4.78 is 40.7. The minimum Gasteiger partial charge on any atom is -0.314 e. The number of pyridine rings is 1. The molecule has 0 bridgehead atoms. The molecule has 2 heterocycles. The van der Waals surface area contributed by atoms with Crippen molar-refractivity contribution in [2.45, 2.75) is 25.6 Å². The van der Waals surface area contributed by atoms with E-state index in [0.717, 1.165) is 31.1 Å². The summed E-state index contributed by atoms with van der Waals surface area (Å²) in [6.07, 6.45) is -1.77. The number of nitrogens with one attached hydrogen (secondary N) is 1. The second-order valence-corrected chi connectivity index (χ2v) is 6.22. The van der Waals surface area contributed by atoms with E-state index in [4.69, 9.17) is 0 Å². The van der Waals surface area contributed by atoms with Crippen molar-refractivity contribution in [1.29, 1.82) is 0 Å². The number of rotatable bonds is 4. The van der Waals surface area contributed by atoms with Gasteiger partial charge in [-0.25, -0.2) is 0 Å². The first-order valence-electron chi connectivity index (χ1n) is 8.56. The Bertz CT molecular complexity index is 692. The lowest BCUT2D eigenvalue weighted by molar-refractivity contribution is -0.138. The highest BCUT2D eigenvalue weighted by molar-refractivity contribution is 5.37. The highest BCUT2D eigenvalue weighted by Gasteiger charge is 2.37. The van der Waals surface area contributed by atoms with Crippen LogP contribution in [-0.4, -0.2) is 36.1 Å². The van der Waals surface area contributed by atoms with Crippen LogP contribution >= 0.6 is 0 Å². The van der Waals surface area contributed by atoms with Gasteiger partial charge in [-0.2, -0.15) is 13.2 Å². The first-order chi connectivity index (χ1) is 12.0. The largest absolute Gasteiger partial charge is 0.416 e. The van der Waals surface area contributed by atoms with Gasteiger partial charge in [-0.05, 0) is 29.7 Å². The monoisotopic (exact) mass is 349 g/mol. The van der Waals surface area contributed by atoms with Gasteiger partial charge in [0.05, 0.1) is 17.3 Å². The van der Waals surface area contributed by atoms with E-state index >= 15 is 0 Å². The van der Waals surface area contributed by atoms with Crippen LogP contribution < -0.4 is 5.32 Å². The molecule has 1 aliphatic heterocycles. The summed E-state index contributed by atoms with van der Waals surface area (Å²) in [6, 6.07) is 9.16. The Morgan fingerprint density at radius 3 is 2.44 bits per heavy atom. The van der Waals surface area contributed by atoms with Gasteiger partial charge in [0, 0.05) is 32.4 Å². The van der Waals surface area contributed by atoms with E-state index in [9.17, 15) is 13.2 Å². The minimum atomic E-state index is -4.38. The lowest BCUT2D eigenvalue weighted by Gasteiger charge is -2.36. The maximum Gasteiger partial charge on any atom is 0.416 e. The molecule has 6 heteroatoms. The molecule has 1 saturated heterocycles. The predicted octanol–water partition coefficient (Wildman–Crippen LogP) is 3.66. The van der Waals surface area contributed by atoms with Gasteiger partial charge in [0.25, 0.3) is 0 Å². The summed E-state index contributed by atoms with van der Waals surface area (Å²) in [4.78, 5) is 6.57. The number of aryl methyl sites for hydroxylation is 1. The lowest BCUT2D eigenvalue weighted by Crippen LogP contribution is -2.46. The zero-order chi connectivity index (χ0) is 17.9. The first-order valence-corrected chi connectivity index (χ1v) is 8.56. The topological polar surface area (TPSA) is 28.2 Å². The molecule has 0 radical (unpaired) electrons. The highest BCUT2D eigenvalue weighted by Crippen LogP contribution is 2.38. The Morgan fingerprint density at radius 2 is 1.84 bits per heavy atom. The summed E-state index contributed by atoms with van der Waals surface area (Å²) in [5, 5.41) is 3.25. The number of benzene rings is 1. The summed E-state index contributed by atoms with van der Waals surface area (Å²) >= 11 is 0. The van der Waals surface area contributed by atoms with Crippen LogP contribution in [0.5, 0.6) is 0 Å². The molecule has 1 aliphatic rings. The van der Waals surface area contributed by atoms with Crippen molar-refractivity contribution in [3.8, 4) is 0 Å². The van der Waals surface area contributed by atoms with Crippen LogP contribution in [0.25, 0.3) is 0 Å². The molecule has 3 nitrogen and oxygen atoms in total. The predicted molar refractivity (Wildman–Crippen MR) is 91.3 cm³/mol. The van der Waals surface area contributed by atoms with Crippen molar-refractivity contribution in [3.63, 3.8) is 0 Å². The van der Waals surface area contributed by atoms with Gasteiger partial charge >= 0.3 is 6.18 Å². The average Bonchev–Trinajstić information content (AvgIpc) is 2.63. The first kappa shape index (κ1) is 17.9. The Balaban J connectivity index is 2.08. The van der Waals surface area contributed by atoms with Gasteiger partial charge in [0.2, 0.25) is 0 Å². The van der Waals surface area contributed by atoms with Gasteiger partial charge in [0.1, 0.15) is 0 Å². The van der Waals surface area contributed by atoms with E-state index in [1.807, 2.05) is 19.1 Å². The van der Waals surface area contributed by atoms with E-state index in [1.165, 1.54) is 6.07 Å². The lowest BCUT2D eigenvalue weighted by atomic mass is 9.95. The molecule has 1 aromatic heterocycles. The molecule has 2 aromatic rings. The van der Waals surface area contributed by atoms with Gasteiger partial charge in [-0.3, -0.25) is 9.88 Å². The second-order valence-electron chi connectivity index (χ2n) is 6.22. The van der Waals surface area contributed by atoms with Gasteiger partial charge < -0.3 is 5.32 Å². The quantitative estimate of drug-likeness (QED) is 0.913. The number of piperazine rings is 1. The van der Waals surface area contributed by atoms with Crippen molar-refractivity contribution < 1.29 is 13.2 Å². The summed E-state index contributed by atoms with van der Waals surface area (Å²) in [5.74, 6) is 0. The maximum atomic E-state index is 13.6. The number of nitrogens with zero attached hydrogens (tertiary/aromatic N) is 2. The van der Waals surface area contributed by atoms with Crippen molar-refractivity contribution in [3.05, 3.63) is 65.0 Å². The Labute approximate surface area is 145 Å². The van der Waals surface area contributed by atoms with Crippen LogP contribution in [0.15, 0.2) is 42.6 Å². The van der Waals surface area contributed by atoms with Gasteiger partial charge in [0.15, 0.2) is 0 Å². The zero-order valence-electron chi connectivity index (χ0n) is 14.2. The Kier molecular flexibility index (Phi) is 5.39. The smallest absolute Gasteiger partial charge is 0.314 e. The zero-order valence-corrected chi connectivity index (χ0v) is 14.2. The molecule has 1 atom stereocenters. The molecular weight excluding hydrogens is 327 g/mol.